The molecule has 2 aromatic rings. The lowest BCUT2D eigenvalue weighted by atomic mass is 9.86. The van der Waals surface area contributed by atoms with Gasteiger partial charge in [-0.3, -0.25) is 4.79 Å². The maximum atomic E-state index is 11.9. The van der Waals surface area contributed by atoms with Gasteiger partial charge < -0.3 is 9.30 Å². The van der Waals surface area contributed by atoms with Crippen molar-refractivity contribution in [2.24, 2.45) is 5.92 Å². The Bertz CT molecular complexity index is 712. The molecule has 1 heterocycles. The Kier molecular flexibility index (Phi) is 3.52. The van der Waals surface area contributed by atoms with Crippen LogP contribution < -0.4 is 0 Å². The molecule has 0 N–H and O–H groups in total. The molecule has 1 aliphatic rings. The number of hydrogen-bond acceptors (Lipinski definition) is 2. The van der Waals surface area contributed by atoms with Gasteiger partial charge in [0.25, 0.3) is 0 Å². The Morgan fingerprint density at radius 2 is 2.05 bits per heavy atom. The predicted octanol–water partition coefficient (Wildman–Crippen LogP) is 3.56. The molecule has 3 rings (SSSR count). The quantitative estimate of drug-likeness (QED) is 0.790. The van der Waals surface area contributed by atoms with Crippen LogP contribution in [0.5, 0.6) is 0 Å². The van der Waals surface area contributed by atoms with E-state index >= 15 is 0 Å². The number of esters is 1. The predicted molar refractivity (Wildman–Crippen MR) is 84.6 cm³/mol. The molecule has 0 saturated carbocycles. The number of benzene rings is 1. The molecule has 21 heavy (non-hydrogen) atoms. The maximum absolute atomic E-state index is 11.9. The normalized spacial score (nSPS) is 17.8. The Labute approximate surface area is 125 Å². The van der Waals surface area contributed by atoms with Gasteiger partial charge in [-0.15, -0.1) is 0 Å². The van der Waals surface area contributed by atoms with Crippen molar-refractivity contribution in [2.75, 3.05) is 7.11 Å². The van der Waals surface area contributed by atoms with Crippen LogP contribution in [0.3, 0.4) is 0 Å². The fourth-order valence-electron chi connectivity index (χ4n) is 3.63. The molecule has 3 heteroatoms. The first-order valence-corrected chi connectivity index (χ1v) is 7.75. The smallest absolute Gasteiger partial charge is 0.309 e. The number of rotatable bonds is 2. The van der Waals surface area contributed by atoms with Crippen molar-refractivity contribution in [1.82, 2.24) is 4.57 Å². The first kappa shape index (κ1) is 14.2. The highest BCUT2D eigenvalue weighted by Crippen LogP contribution is 2.36. The van der Waals surface area contributed by atoms with Gasteiger partial charge in [-0.05, 0) is 68.9 Å². The number of aryl methyl sites for hydroxylation is 3. The number of carbonyl (C=O) groups excluding carboxylic acids is 1. The first-order chi connectivity index (χ1) is 10.1. The van der Waals surface area contributed by atoms with Crippen molar-refractivity contribution >= 4 is 16.9 Å². The SMILES string of the molecule is CCn1c2c(c3cc(C)c(C)cc31)CC(C(=O)OC)CC2. The summed E-state index contributed by atoms with van der Waals surface area (Å²) in [5, 5.41) is 1.32. The highest BCUT2D eigenvalue weighted by atomic mass is 16.5. The molecule has 0 amide bonds. The first-order valence-electron chi connectivity index (χ1n) is 7.75. The lowest BCUT2D eigenvalue weighted by Gasteiger charge is -2.21. The zero-order valence-electron chi connectivity index (χ0n) is 13.3. The van der Waals surface area contributed by atoms with Gasteiger partial charge >= 0.3 is 5.97 Å². The lowest BCUT2D eigenvalue weighted by Crippen LogP contribution is -2.24. The van der Waals surface area contributed by atoms with E-state index in [4.69, 9.17) is 4.74 Å². The Balaban J connectivity index is 2.18. The van der Waals surface area contributed by atoms with E-state index in [2.05, 4.69) is 37.5 Å². The standard InChI is InChI=1S/C18H23NO2/c1-5-19-16-7-6-13(18(20)21-4)10-15(16)14-8-11(2)12(3)9-17(14)19/h8-9,13H,5-7,10H2,1-4H3. The van der Waals surface area contributed by atoms with Gasteiger partial charge in [-0.1, -0.05) is 0 Å². The minimum atomic E-state index is -0.0677. The third-order valence-corrected chi connectivity index (χ3v) is 4.93. The number of ether oxygens (including phenoxy) is 1. The number of nitrogens with zero attached hydrogens (tertiary/aromatic N) is 1. The Morgan fingerprint density at radius 1 is 1.33 bits per heavy atom. The fraction of sp³-hybridized carbons (Fsp3) is 0.500. The third-order valence-electron chi connectivity index (χ3n) is 4.93. The molecule has 1 aromatic heterocycles. The molecule has 0 bridgehead atoms. The van der Waals surface area contributed by atoms with Crippen molar-refractivity contribution < 1.29 is 9.53 Å². The van der Waals surface area contributed by atoms with Crippen LogP contribution in [-0.4, -0.2) is 17.6 Å². The summed E-state index contributed by atoms with van der Waals surface area (Å²) in [5.41, 5.74) is 6.74. The van der Waals surface area contributed by atoms with E-state index < -0.39 is 0 Å². The van der Waals surface area contributed by atoms with Crippen LogP contribution in [0.25, 0.3) is 10.9 Å². The molecule has 1 unspecified atom stereocenters. The number of methoxy groups -OCH3 is 1. The van der Waals surface area contributed by atoms with Crippen LogP contribution in [0, 0.1) is 19.8 Å². The topological polar surface area (TPSA) is 31.2 Å². The van der Waals surface area contributed by atoms with E-state index in [-0.39, 0.29) is 11.9 Å². The summed E-state index contributed by atoms with van der Waals surface area (Å²) in [6.45, 7) is 7.50. The largest absolute Gasteiger partial charge is 0.469 e. The van der Waals surface area contributed by atoms with E-state index in [0.717, 1.165) is 25.8 Å². The number of fused-ring (bicyclic) bond motifs is 3. The molecule has 1 aliphatic carbocycles. The molecule has 1 aromatic carbocycles. The van der Waals surface area contributed by atoms with Crippen LogP contribution in [0.4, 0.5) is 0 Å². The number of hydrogen-bond donors (Lipinski definition) is 0. The molecule has 112 valence electrons. The van der Waals surface area contributed by atoms with Crippen molar-refractivity contribution in [2.45, 2.75) is 46.6 Å². The van der Waals surface area contributed by atoms with E-state index in [1.54, 1.807) is 0 Å². The van der Waals surface area contributed by atoms with Crippen LogP contribution in [0.15, 0.2) is 12.1 Å². The van der Waals surface area contributed by atoms with Gasteiger partial charge in [0.1, 0.15) is 0 Å². The van der Waals surface area contributed by atoms with Gasteiger partial charge in [-0.25, -0.2) is 0 Å². The molecule has 0 radical (unpaired) electrons. The molecule has 0 spiro atoms. The maximum Gasteiger partial charge on any atom is 0.309 e. The molecular weight excluding hydrogens is 262 g/mol. The summed E-state index contributed by atoms with van der Waals surface area (Å²) in [7, 11) is 1.49. The van der Waals surface area contributed by atoms with Crippen LogP contribution in [0.2, 0.25) is 0 Å². The Morgan fingerprint density at radius 3 is 2.71 bits per heavy atom. The van der Waals surface area contributed by atoms with Crippen molar-refractivity contribution in [3.63, 3.8) is 0 Å². The second-order valence-electron chi connectivity index (χ2n) is 6.09. The highest BCUT2D eigenvalue weighted by molar-refractivity contribution is 5.88. The lowest BCUT2D eigenvalue weighted by molar-refractivity contribution is -0.145. The van der Waals surface area contributed by atoms with Gasteiger partial charge in [-0.2, -0.15) is 0 Å². The number of aromatic nitrogens is 1. The third kappa shape index (κ3) is 2.15. The molecule has 3 nitrogen and oxygen atoms in total. The summed E-state index contributed by atoms with van der Waals surface area (Å²) in [4.78, 5) is 11.9. The molecule has 0 aliphatic heterocycles. The minimum absolute atomic E-state index is 0.0139. The van der Waals surface area contributed by atoms with Gasteiger partial charge in [0, 0.05) is 23.1 Å². The zero-order valence-corrected chi connectivity index (χ0v) is 13.3. The zero-order chi connectivity index (χ0) is 15.1. The molecular formula is C18H23NO2. The van der Waals surface area contributed by atoms with E-state index in [9.17, 15) is 4.79 Å². The van der Waals surface area contributed by atoms with E-state index in [1.165, 1.54) is 40.4 Å². The van der Waals surface area contributed by atoms with E-state index in [0.29, 0.717) is 0 Å². The summed E-state index contributed by atoms with van der Waals surface area (Å²) in [6.07, 6.45) is 2.68. The average molecular weight is 285 g/mol. The van der Waals surface area contributed by atoms with Crippen molar-refractivity contribution in [3.8, 4) is 0 Å². The summed E-state index contributed by atoms with van der Waals surface area (Å²) in [6, 6.07) is 4.58. The average Bonchev–Trinajstić information content (AvgIpc) is 2.79. The fourth-order valence-corrected chi connectivity index (χ4v) is 3.63. The number of carbonyl (C=O) groups is 1. The van der Waals surface area contributed by atoms with Gasteiger partial charge in [0.05, 0.1) is 13.0 Å². The minimum Gasteiger partial charge on any atom is -0.469 e. The molecule has 1 atom stereocenters. The summed E-state index contributed by atoms with van der Waals surface area (Å²) in [5.74, 6) is -0.0538. The van der Waals surface area contributed by atoms with Crippen LogP contribution in [0.1, 0.15) is 35.7 Å². The Hall–Kier alpha value is -1.77. The monoisotopic (exact) mass is 285 g/mol. The van der Waals surface area contributed by atoms with E-state index in [1.807, 2.05) is 0 Å². The summed E-state index contributed by atoms with van der Waals surface area (Å²) < 4.78 is 7.37. The van der Waals surface area contributed by atoms with Gasteiger partial charge in [0.2, 0.25) is 0 Å². The van der Waals surface area contributed by atoms with Crippen molar-refractivity contribution in [3.05, 3.63) is 34.5 Å². The molecule has 0 saturated heterocycles. The van der Waals surface area contributed by atoms with Crippen LogP contribution >= 0.6 is 0 Å². The van der Waals surface area contributed by atoms with Crippen molar-refractivity contribution in [1.29, 1.82) is 0 Å². The van der Waals surface area contributed by atoms with Crippen LogP contribution in [-0.2, 0) is 28.9 Å². The summed E-state index contributed by atoms with van der Waals surface area (Å²) >= 11 is 0. The molecule has 0 fully saturated rings. The second-order valence-corrected chi connectivity index (χ2v) is 6.09. The van der Waals surface area contributed by atoms with Gasteiger partial charge in [0.15, 0.2) is 0 Å². The second kappa shape index (κ2) is 5.21. The highest BCUT2D eigenvalue weighted by Gasteiger charge is 2.29.